The van der Waals surface area contributed by atoms with Crippen LogP contribution in [-0.4, -0.2) is 49.6 Å². The molecule has 12 heteroatoms. The molecule has 0 N–H and O–H groups in total. The second kappa shape index (κ2) is 10.2. The van der Waals surface area contributed by atoms with Gasteiger partial charge in [0.15, 0.2) is 0 Å². The van der Waals surface area contributed by atoms with Gasteiger partial charge in [-0.25, -0.2) is 0 Å². The van der Waals surface area contributed by atoms with E-state index >= 15 is 0 Å². The topological polar surface area (TPSA) is 18.5 Å². The Morgan fingerprint density at radius 2 is 1.21 bits per heavy atom. The molecule has 1 aromatic rings. The highest BCUT2D eigenvalue weighted by Gasteiger charge is 2.81. The molecule has 0 fully saturated rings. The first-order chi connectivity index (χ1) is 13.3. The molecule has 0 radical (unpaired) electrons. The van der Waals surface area contributed by atoms with E-state index in [2.05, 4.69) is 0 Å². The maximum absolute atomic E-state index is 13.5. The molecule has 0 saturated heterocycles. The van der Waals surface area contributed by atoms with Crippen LogP contribution in [0.3, 0.4) is 0 Å². The van der Waals surface area contributed by atoms with Crippen LogP contribution in [0.5, 0.6) is 0 Å². The average Bonchev–Trinajstić information content (AvgIpc) is 2.62. The highest BCUT2D eigenvalue weighted by Crippen LogP contribution is 2.54. The summed E-state index contributed by atoms with van der Waals surface area (Å²) < 4.78 is 126. The highest BCUT2D eigenvalue weighted by molar-refractivity contribution is 6.17. The Kier molecular flexibility index (Phi) is 9.10. The number of rotatable bonds is 12. The molecule has 0 aliphatic heterocycles. The molecule has 0 amide bonds. The third-order valence-corrected chi connectivity index (χ3v) is 3.98. The quantitative estimate of drug-likeness (QED) is 0.221. The molecule has 0 spiro atoms. The van der Waals surface area contributed by atoms with E-state index in [1.54, 1.807) is 0 Å². The Hall–Kier alpha value is -1.20. The Labute approximate surface area is 165 Å². The number of hydrogen-bond acceptors (Lipinski definition) is 2. The molecule has 0 saturated carbocycles. The zero-order valence-corrected chi connectivity index (χ0v) is 15.6. The van der Waals surface area contributed by atoms with Crippen molar-refractivity contribution in [2.24, 2.45) is 0 Å². The van der Waals surface area contributed by atoms with Gasteiger partial charge in [-0.1, -0.05) is 24.3 Å². The van der Waals surface area contributed by atoms with Crippen LogP contribution in [0, 0.1) is 0 Å². The van der Waals surface area contributed by atoms with Crippen LogP contribution in [0.4, 0.5) is 39.5 Å². The lowest BCUT2D eigenvalue weighted by molar-refractivity contribution is -0.396. The molecule has 1 aromatic carbocycles. The molecular formula is C17H18ClF9O2. The molecule has 0 aliphatic rings. The van der Waals surface area contributed by atoms with Crippen LogP contribution < -0.4 is 0 Å². The standard InChI is InChI=1S/C17H18ClF9O2/c18-7-8-28-9-10-29-11-13-3-1-12(2-4-13)5-6-14(19,20)15(21,22)16(23,24)17(25,26)27/h1-4H,5-11H2. The van der Waals surface area contributed by atoms with Crippen molar-refractivity contribution in [1.29, 1.82) is 0 Å². The van der Waals surface area contributed by atoms with E-state index in [0.717, 1.165) is 0 Å². The predicted molar refractivity (Wildman–Crippen MR) is 86.9 cm³/mol. The molecule has 0 aliphatic carbocycles. The maximum atomic E-state index is 13.5. The lowest BCUT2D eigenvalue weighted by atomic mass is 9.97. The monoisotopic (exact) mass is 460 g/mol. The van der Waals surface area contributed by atoms with Gasteiger partial charge in [0.1, 0.15) is 0 Å². The third kappa shape index (κ3) is 6.65. The number of hydrogen-bond donors (Lipinski definition) is 0. The Bertz CT molecular complexity index is 618. The van der Waals surface area contributed by atoms with Gasteiger partial charge in [-0.2, -0.15) is 39.5 Å². The molecule has 2 nitrogen and oxygen atoms in total. The smallest absolute Gasteiger partial charge is 0.378 e. The van der Waals surface area contributed by atoms with E-state index in [4.69, 9.17) is 21.1 Å². The highest BCUT2D eigenvalue weighted by atomic mass is 35.5. The van der Waals surface area contributed by atoms with E-state index in [9.17, 15) is 39.5 Å². The lowest BCUT2D eigenvalue weighted by Gasteiger charge is -2.33. The molecule has 0 aromatic heterocycles. The number of halogens is 10. The number of ether oxygens (including phenoxy) is 2. The fourth-order valence-electron chi connectivity index (χ4n) is 2.13. The first kappa shape index (κ1) is 25.8. The number of aryl methyl sites for hydroxylation is 1. The Morgan fingerprint density at radius 1 is 0.690 bits per heavy atom. The lowest BCUT2D eigenvalue weighted by Crippen LogP contribution is -2.60. The summed E-state index contributed by atoms with van der Waals surface area (Å²) in [4.78, 5) is 0. The summed E-state index contributed by atoms with van der Waals surface area (Å²) in [6.45, 7) is 1.05. The molecule has 1 rings (SSSR count). The minimum atomic E-state index is -6.86. The fourth-order valence-corrected chi connectivity index (χ4v) is 2.24. The van der Waals surface area contributed by atoms with Crippen LogP contribution in [0.25, 0.3) is 0 Å². The van der Waals surface area contributed by atoms with Gasteiger partial charge in [0, 0.05) is 12.3 Å². The first-order valence-electron chi connectivity index (χ1n) is 8.25. The second-order valence-electron chi connectivity index (χ2n) is 6.02. The molecule has 168 valence electrons. The van der Waals surface area contributed by atoms with Gasteiger partial charge >= 0.3 is 23.9 Å². The van der Waals surface area contributed by atoms with Crippen molar-refractivity contribution in [2.45, 2.75) is 43.4 Å². The minimum Gasteiger partial charge on any atom is -0.378 e. The minimum absolute atomic E-state index is 0.0602. The Balaban J connectivity index is 2.61. The third-order valence-electron chi connectivity index (χ3n) is 3.82. The summed E-state index contributed by atoms with van der Waals surface area (Å²) in [5.41, 5.74) is 0.664. The molecule has 29 heavy (non-hydrogen) atoms. The van der Waals surface area contributed by atoms with Crippen molar-refractivity contribution in [2.75, 3.05) is 25.7 Å². The van der Waals surface area contributed by atoms with Crippen LogP contribution in [0.15, 0.2) is 24.3 Å². The molecule has 0 heterocycles. The summed E-state index contributed by atoms with van der Waals surface area (Å²) in [6.07, 6.45) is -9.53. The summed E-state index contributed by atoms with van der Waals surface area (Å²) in [7, 11) is 0. The number of benzene rings is 1. The summed E-state index contributed by atoms with van der Waals surface area (Å²) >= 11 is 5.40. The number of alkyl halides is 10. The van der Waals surface area contributed by atoms with Gasteiger partial charge in [0.2, 0.25) is 0 Å². The van der Waals surface area contributed by atoms with Crippen LogP contribution >= 0.6 is 11.6 Å². The fraction of sp³-hybridized carbons (Fsp3) is 0.647. The van der Waals surface area contributed by atoms with Crippen LogP contribution in [0.1, 0.15) is 17.5 Å². The summed E-state index contributed by atoms with van der Waals surface area (Å²) in [5, 5.41) is 0. The van der Waals surface area contributed by atoms with E-state index in [1.165, 1.54) is 24.3 Å². The van der Waals surface area contributed by atoms with E-state index in [1.807, 2.05) is 0 Å². The van der Waals surface area contributed by atoms with Crippen LogP contribution in [0.2, 0.25) is 0 Å². The molecule has 0 bridgehead atoms. The van der Waals surface area contributed by atoms with Crippen molar-refractivity contribution in [3.8, 4) is 0 Å². The summed E-state index contributed by atoms with van der Waals surface area (Å²) in [5.74, 6) is -18.7. The van der Waals surface area contributed by atoms with Gasteiger partial charge in [0.25, 0.3) is 0 Å². The van der Waals surface area contributed by atoms with Gasteiger partial charge in [-0.15, -0.1) is 11.6 Å². The van der Waals surface area contributed by atoms with Gasteiger partial charge in [-0.05, 0) is 17.5 Å². The molecule has 0 atom stereocenters. The van der Waals surface area contributed by atoms with E-state index in [0.29, 0.717) is 24.7 Å². The summed E-state index contributed by atoms with van der Waals surface area (Å²) in [6, 6.07) is 5.38. The maximum Gasteiger partial charge on any atom is 0.460 e. The largest absolute Gasteiger partial charge is 0.460 e. The van der Waals surface area contributed by atoms with Crippen LogP contribution in [-0.2, 0) is 22.5 Å². The van der Waals surface area contributed by atoms with Gasteiger partial charge in [-0.3, -0.25) is 0 Å². The van der Waals surface area contributed by atoms with E-state index in [-0.39, 0.29) is 18.8 Å². The van der Waals surface area contributed by atoms with E-state index < -0.39 is 36.8 Å². The van der Waals surface area contributed by atoms with Gasteiger partial charge < -0.3 is 9.47 Å². The zero-order valence-electron chi connectivity index (χ0n) is 14.9. The van der Waals surface area contributed by atoms with Crippen molar-refractivity contribution < 1.29 is 49.0 Å². The van der Waals surface area contributed by atoms with Gasteiger partial charge in [0.05, 0.1) is 26.4 Å². The average molecular weight is 461 g/mol. The zero-order chi connectivity index (χ0) is 22.3. The predicted octanol–water partition coefficient (Wildman–Crippen LogP) is 5.86. The van der Waals surface area contributed by atoms with Crippen molar-refractivity contribution >= 4 is 11.6 Å². The first-order valence-corrected chi connectivity index (χ1v) is 8.79. The van der Waals surface area contributed by atoms with Crippen molar-refractivity contribution in [3.05, 3.63) is 35.4 Å². The SMILES string of the molecule is FC(F)(F)C(F)(F)C(F)(F)C(F)(F)CCc1ccc(COCCOCCCl)cc1. The van der Waals surface area contributed by atoms with Crippen molar-refractivity contribution in [3.63, 3.8) is 0 Å². The van der Waals surface area contributed by atoms with Crippen molar-refractivity contribution in [1.82, 2.24) is 0 Å². The molecular weight excluding hydrogens is 443 g/mol. The normalized spacial score (nSPS) is 13.7. The molecule has 0 unspecified atom stereocenters. The second-order valence-corrected chi connectivity index (χ2v) is 6.40. The Morgan fingerprint density at radius 3 is 1.72 bits per heavy atom.